The maximum Gasteiger partial charge on any atom is 0.0762 e. The summed E-state index contributed by atoms with van der Waals surface area (Å²) in [6.07, 6.45) is 5.85. The maximum atomic E-state index is 4.39. The monoisotopic (exact) mass is 255 g/mol. The first-order chi connectivity index (χ1) is 9.33. The molecule has 1 aromatic heterocycles. The zero-order valence-electron chi connectivity index (χ0n) is 11.5. The van der Waals surface area contributed by atoms with Gasteiger partial charge in [0.1, 0.15) is 0 Å². The van der Waals surface area contributed by atoms with Crippen molar-refractivity contribution in [1.29, 1.82) is 0 Å². The lowest BCUT2D eigenvalue weighted by atomic mass is 9.83. The van der Waals surface area contributed by atoms with Gasteiger partial charge >= 0.3 is 0 Å². The van der Waals surface area contributed by atoms with Crippen molar-refractivity contribution in [1.82, 2.24) is 15.1 Å². The minimum Gasteiger partial charge on any atom is -0.310 e. The van der Waals surface area contributed by atoms with Crippen LogP contribution >= 0.6 is 0 Å². The molecule has 0 saturated heterocycles. The zero-order chi connectivity index (χ0) is 13.1. The van der Waals surface area contributed by atoms with Gasteiger partial charge in [-0.1, -0.05) is 24.3 Å². The lowest BCUT2D eigenvalue weighted by molar-refractivity contribution is 0.504. The lowest BCUT2D eigenvalue weighted by Gasteiger charge is -2.25. The Balaban J connectivity index is 1.59. The highest BCUT2D eigenvalue weighted by Gasteiger charge is 2.19. The average Bonchev–Trinajstić information content (AvgIpc) is 2.85. The third-order valence-corrected chi connectivity index (χ3v) is 3.96. The van der Waals surface area contributed by atoms with Crippen LogP contribution in [0.3, 0.4) is 0 Å². The number of rotatable bonds is 4. The minimum absolute atomic E-state index is 0.661. The second kappa shape index (κ2) is 5.57. The Labute approximate surface area is 114 Å². The standard InChI is InChI=1S/C16H21N3/c1-19-10-9-15(18-19)12-17-11-14-7-4-6-13-5-2-3-8-16(13)14/h2-3,5,8-10,14,17H,4,6-7,11-12H2,1H3. The molecule has 1 aromatic carbocycles. The molecule has 1 aliphatic rings. The van der Waals surface area contributed by atoms with Gasteiger partial charge in [0.25, 0.3) is 0 Å². The molecular weight excluding hydrogens is 234 g/mol. The van der Waals surface area contributed by atoms with Crippen LogP contribution in [0.5, 0.6) is 0 Å². The molecule has 0 aliphatic heterocycles. The van der Waals surface area contributed by atoms with Crippen molar-refractivity contribution in [2.45, 2.75) is 31.7 Å². The van der Waals surface area contributed by atoms with Gasteiger partial charge in [-0.15, -0.1) is 0 Å². The number of benzene rings is 1. The van der Waals surface area contributed by atoms with Crippen LogP contribution < -0.4 is 5.32 Å². The van der Waals surface area contributed by atoms with Crippen molar-refractivity contribution in [2.75, 3.05) is 6.54 Å². The molecule has 0 bridgehead atoms. The van der Waals surface area contributed by atoms with Crippen LogP contribution in [0.15, 0.2) is 36.5 Å². The van der Waals surface area contributed by atoms with E-state index in [0.29, 0.717) is 5.92 Å². The van der Waals surface area contributed by atoms with Crippen LogP contribution in [0.1, 0.15) is 35.6 Å². The van der Waals surface area contributed by atoms with E-state index < -0.39 is 0 Å². The molecule has 1 heterocycles. The molecule has 1 unspecified atom stereocenters. The fraction of sp³-hybridized carbons (Fsp3) is 0.438. The Kier molecular flexibility index (Phi) is 3.65. The lowest BCUT2D eigenvalue weighted by Crippen LogP contribution is -2.24. The molecule has 1 atom stereocenters. The van der Waals surface area contributed by atoms with Crippen LogP contribution in [0.25, 0.3) is 0 Å². The van der Waals surface area contributed by atoms with Gasteiger partial charge in [-0.3, -0.25) is 4.68 Å². The summed E-state index contributed by atoms with van der Waals surface area (Å²) in [5.74, 6) is 0.661. The van der Waals surface area contributed by atoms with E-state index in [-0.39, 0.29) is 0 Å². The highest BCUT2D eigenvalue weighted by molar-refractivity contribution is 5.32. The van der Waals surface area contributed by atoms with Gasteiger partial charge in [0.05, 0.1) is 5.69 Å². The number of hydrogen-bond donors (Lipinski definition) is 1. The van der Waals surface area contributed by atoms with E-state index in [1.54, 1.807) is 11.1 Å². The summed E-state index contributed by atoms with van der Waals surface area (Å²) in [5.41, 5.74) is 4.20. The van der Waals surface area contributed by atoms with Crippen LogP contribution in [0.2, 0.25) is 0 Å². The summed E-state index contributed by atoms with van der Waals surface area (Å²) in [5, 5.41) is 7.94. The molecule has 0 spiro atoms. The Hall–Kier alpha value is -1.61. The van der Waals surface area contributed by atoms with E-state index in [2.05, 4.69) is 40.7 Å². The predicted octanol–water partition coefficient (Wildman–Crippen LogP) is 2.63. The van der Waals surface area contributed by atoms with Crippen LogP contribution in [0.4, 0.5) is 0 Å². The van der Waals surface area contributed by atoms with Gasteiger partial charge in [0.2, 0.25) is 0 Å². The fourth-order valence-corrected chi connectivity index (χ4v) is 3.00. The fourth-order valence-electron chi connectivity index (χ4n) is 3.00. The van der Waals surface area contributed by atoms with Crippen molar-refractivity contribution in [3.05, 3.63) is 53.3 Å². The molecule has 1 aliphatic carbocycles. The zero-order valence-corrected chi connectivity index (χ0v) is 11.5. The molecular formula is C16H21N3. The second-order valence-electron chi connectivity index (χ2n) is 5.40. The maximum absolute atomic E-state index is 4.39. The summed E-state index contributed by atoms with van der Waals surface area (Å²) in [6, 6.07) is 11.0. The van der Waals surface area contributed by atoms with Crippen molar-refractivity contribution in [3.8, 4) is 0 Å². The smallest absolute Gasteiger partial charge is 0.0762 e. The Bertz CT molecular complexity index is 544. The number of hydrogen-bond acceptors (Lipinski definition) is 2. The molecule has 0 saturated carbocycles. The predicted molar refractivity (Wildman–Crippen MR) is 77.0 cm³/mol. The first-order valence-corrected chi connectivity index (χ1v) is 7.10. The van der Waals surface area contributed by atoms with Crippen LogP contribution in [-0.4, -0.2) is 16.3 Å². The first kappa shape index (κ1) is 12.4. The van der Waals surface area contributed by atoms with Gasteiger partial charge < -0.3 is 5.32 Å². The molecule has 3 heteroatoms. The van der Waals surface area contributed by atoms with Gasteiger partial charge in [-0.05, 0) is 42.4 Å². The molecule has 100 valence electrons. The molecule has 0 amide bonds. The summed E-state index contributed by atoms with van der Waals surface area (Å²) in [6.45, 7) is 1.91. The Morgan fingerprint density at radius 2 is 2.21 bits per heavy atom. The van der Waals surface area contributed by atoms with E-state index >= 15 is 0 Å². The molecule has 3 rings (SSSR count). The van der Waals surface area contributed by atoms with E-state index in [1.165, 1.54) is 19.3 Å². The number of nitrogens with one attached hydrogen (secondary N) is 1. The molecule has 19 heavy (non-hydrogen) atoms. The van der Waals surface area contributed by atoms with E-state index in [0.717, 1.165) is 18.8 Å². The van der Waals surface area contributed by atoms with E-state index in [9.17, 15) is 0 Å². The molecule has 1 N–H and O–H groups in total. The van der Waals surface area contributed by atoms with Gasteiger partial charge in [-0.2, -0.15) is 5.10 Å². The molecule has 0 fully saturated rings. The van der Waals surface area contributed by atoms with Gasteiger partial charge in [-0.25, -0.2) is 0 Å². The van der Waals surface area contributed by atoms with Crippen LogP contribution in [0, 0.1) is 0 Å². The second-order valence-corrected chi connectivity index (χ2v) is 5.40. The van der Waals surface area contributed by atoms with Crippen molar-refractivity contribution < 1.29 is 0 Å². The number of fused-ring (bicyclic) bond motifs is 1. The first-order valence-electron chi connectivity index (χ1n) is 7.10. The Morgan fingerprint density at radius 3 is 3.05 bits per heavy atom. The van der Waals surface area contributed by atoms with Crippen molar-refractivity contribution >= 4 is 0 Å². The number of nitrogens with zero attached hydrogens (tertiary/aromatic N) is 2. The summed E-state index contributed by atoms with van der Waals surface area (Å²) < 4.78 is 1.85. The molecule has 3 nitrogen and oxygen atoms in total. The number of aryl methyl sites for hydroxylation is 2. The quantitative estimate of drug-likeness (QED) is 0.910. The summed E-state index contributed by atoms with van der Waals surface area (Å²) >= 11 is 0. The van der Waals surface area contributed by atoms with Gasteiger partial charge in [0, 0.05) is 26.3 Å². The Morgan fingerprint density at radius 1 is 1.32 bits per heavy atom. The van der Waals surface area contributed by atoms with Gasteiger partial charge in [0.15, 0.2) is 0 Å². The van der Waals surface area contributed by atoms with Crippen LogP contribution in [-0.2, 0) is 20.0 Å². The third kappa shape index (κ3) is 2.87. The van der Waals surface area contributed by atoms with E-state index in [4.69, 9.17) is 0 Å². The average molecular weight is 255 g/mol. The summed E-state index contributed by atoms with van der Waals surface area (Å²) in [4.78, 5) is 0. The van der Waals surface area contributed by atoms with Crippen molar-refractivity contribution in [3.63, 3.8) is 0 Å². The molecule has 2 aromatic rings. The minimum atomic E-state index is 0.661. The SMILES string of the molecule is Cn1ccc(CNCC2CCCc3ccccc32)n1. The third-order valence-electron chi connectivity index (χ3n) is 3.96. The largest absolute Gasteiger partial charge is 0.310 e. The van der Waals surface area contributed by atoms with Crippen molar-refractivity contribution in [2.24, 2.45) is 7.05 Å². The highest BCUT2D eigenvalue weighted by Crippen LogP contribution is 2.30. The topological polar surface area (TPSA) is 29.9 Å². The normalized spacial score (nSPS) is 18.3. The van der Waals surface area contributed by atoms with E-state index in [1.807, 2.05) is 17.9 Å². The summed E-state index contributed by atoms with van der Waals surface area (Å²) in [7, 11) is 1.96. The highest BCUT2D eigenvalue weighted by atomic mass is 15.3. The number of aromatic nitrogens is 2. The molecule has 0 radical (unpaired) electrons.